The SMILES string of the molecule is Cc1ccc(Sc2ccc(/C=C3\SC(=S)N(c4ccc(F)c(Cl)c4)C3=O)cc2)cc1. The maximum Gasteiger partial charge on any atom is 0.270 e. The second kappa shape index (κ2) is 8.94. The molecule has 0 unspecified atom stereocenters. The Hall–Kier alpha value is -2.12. The minimum absolute atomic E-state index is 0.0489. The van der Waals surface area contributed by atoms with Gasteiger partial charge in [0.15, 0.2) is 4.32 Å². The fourth-order valence-corrected chi connectivity index (χ4v) is 5.13. The van der Waals surface area contributed by atoms with Gasteiger partial charge in [-0.2, -0.15) is 0 Å². The number of anilines is 1. The maximum absolute atomic E-state index is 13.4. The summed E-state index contributed by atoms with van der Waals surface area (Å²) in [5, 5.41) is -0.0489. The van der Waals surface area contributed by atoms with Gasteiger partial charge in [-0.15, -0.1) is 0 Å². The lowest BCUT2D eigenvalue weighted by Gasteiger charge is -2.14. The van der Waals surface area contributed by atoms with E-state index in [4.69, 9.17) is 23.8 Å². The number of thiocarbonyl (C=S) groups is 1. The summed E-state index contributed by atoms with van der Waals surface area (Å²) < 4.78 is 13.8. The summed E-state index contributed by atoms with van der Waals surface area (Å²) >= 11 is 14.1. The molecule has 1 fully saturated rings. The highest BCUT2D eigenvalue weighted by Crippen LogP contribution is 2.37. The molecule has 30 heavy (non-hydrogen) atoms. The first-order chi connectivity index (χ1) is 14.4. The summed E-state index contributed by atoms with van der Waals surface area (Å²) in [5.74, 6) is -0.782. The van der Waals surface area contributed by atoms with Crippen molar-refractivity contribution >= 4 is 69.3 Å². The van der Waals surface area contributed by atoms with Gasteiger partial charge in [-0.05, 0) is 61.0 Å². The lowest BCUT2D eigenvalue weighted by atomic mass is 10.2. The van der Waals surface area contributed by atoms with E-state index in [1.165, 1.54) is 45.3 Å². The van der Waals surface area contributed by atoms with E-state index in [1.807, 2.05) is 30.3 Å². The highest BCUT2D eigenvalue weighted by Gasteiger charge is 2.33. The molecule has 3 aromatic rings. The summed E-state index contributed by atoms with van der Waals surface area (Å²) in [6, 6.07) is 20.5. The first-order valence-corrected chi connectivity index (χ1v) is 11.4. The van der Waals surface area contributed by atoms with Gasteiger partial charge in [0.25, 0.3) is 5.91 Å². The van der Waals surface area contributed by atoms with Crippen LogP contribution >= 0.6 is 47.3 Å². The van der Waals surface area contributed by atoms with Crippen molar-refractivity contribution in [1.82, 2.24) is 0 Å². The Labute approximate surface area is 193 Å². The van der Waals surface area contributed by atoms with Gasteiger partial charge in [0.1, 0.15) is 5.82 Å². The Bertz CT molecular complexity index is 1160. The zero-order valence-corrected chi connectivity index (χ0v) is 19.0. The van der Waals surface area contributed by atoms with Gasteiger partial charge >= 0.3 is 0 Å². The Kier molecular flexibility index (Phi) is 6.29. The molecule has 3 aromatic carbocycles. The topological polar surface area (TPSA) is 20.3 Å². The van der Waals surface area contributed by atoms with E-state index in [0.717, 1.165) is 10.5 Å². The highest BCUT2D eigenvalue weighted by molar-refractivity contribution is 8.27. The molecule has 0 saturated carbocycles. The molecule has 0 aromatic heterocycles. The van der Waals surface area contributed by atoms with Crippen molar-refractivity contribution in [2.45, 2.75) is 16.7 Å². The molecule has 1 aliphatic rings. The molecule has 2 nitrogen and oxygen atoms in total. The summed E-state index contributed by atoms with van der Waals surface area (Å²) in [4.78, 5) is 17.0. The van der Waals surface area contributed by atoms with E-state index in [9.17, 15) is 9.18 Å². The van der Waals surface area contributed by atoms with Crippen LogP contribution in [0.3, 0.4) is 0 Å². The highest BCUT2D eigenvalue weighted by atomic mass is 35.5. The third-order valence-electron chi connectivity index (χ3n) is 4.39. The predicted molar refractivity (Wildman–Crippen MR) is 129 cm³/mol. The molecule has 1 saturated heterocycles. The van der Waals surface area contributed by atoms with Crippen LogP contribution in [0.25, 0.3) is 6.08 Å². The fourth-order valence-electron chi connectivity index (χ4n) is 2.84. The molecule has 1 aliphatic heterocycles. The molecule has 0 radical (unpaired) electrons. The molecular weight excluding hydrogens is 457 g/mol. The predicted octanol–water partition coefficient (Wildman–Crippen LogP) is 7.34. The maximum atomic E-state index is 13.4. The van der Waals surface area contributed by atoms with Gasteiger partial charge in [-0.25, -0.2) is 4.39 Å². The lowest BCUT2D eigenvalue weighted by molar-refractivity contribution is -0.113. The zero-order valence-electron chi connectivity index (χ0n) is 15.8. The quantitative estimate of drug-likeness (QED) is 0.293. The van der Waals surface area contributed by atoms with Gasteiger partial charge in [0.05, 0.1) is 15.6 Å². The molecule has 0 atom stereocenters. The van der Waals surface area contributed by atoms with Crippen molar-refractivity contribution in [3.63, 3.8) is 0 Å². The molecule has 0 N–H and O–H groups in total. The van der Waals surface area contributed by atoms with Crippen LogP contribution in [0.5, 0.6) is 0 Å². The zero-order chi connectivity index (χ0) is 21.3. The van der Waals surface area contributed by atoms with E-state index in [1.54, 1.807) is 11.8 Å². The third kappa shape index (κ3) is 4.62. The summed E-state index contributed by atoms with van der Waals surface area (Å²) in [7, 11) is 0. The molecule has 1 heterocycles. The van der Waals surface area contributed by atoms with Crippen LogP contribution in [0.4, 0.5) is 10.1 Å². The van der Waals surface area contributed by atoms with Crippen LogP contribution in [0.2, 0.25) is 5.02 Å². The Morgan fingerprint density at radius 1 is 1.03 bits per heavy atom. The van der Waals surface area contributed by atoms with E-state index in [2.05, 4.69) is 31.2 Å². The molecular formula is C23H15ClFNOS3. The Morgan fingerprint density at radius 2 is 1.67 bits per heavy atom. The summed E-state index contributed by atoms with van der Waals surface area (Å²) in [6.45, 7) is 2.07. The van der Waals surface area contributed by atoms with Gasteiger partial charge < -0.3 is 0 Å². The third-order valence-corrected chi connectivity index (χ3v) is 7.00. The largest absolute Gasteiger partial charge is 0.270 e. The van der Waals surface area contributed by atoms with Crippen molar-refractivity contribution in [3.05, 3.63) is 93.6 Å². The smallest absolute Gasteiger partial charge is 0.268 e. The fraction of sp³-hybridized carbons (Fsp3) is 0.0435. The number of nitrogens with zero attached hydrogens (tertiary/aromatic N) is 1. The van der Waals surface area contributed by atoms with Crippen molar-refractivity contribution in [1.29, 1.82) is 0 Å². The number of benzene rings is 3. The number of halogens is 2. The van der Waals surface area contributed by atoms with Crippen LogP contribution in [0.15, 0.2) is 81.4 Å². The van der Waals surface area contributed by atoms with Crippen LogP contribution in [0.1, 0.15) is 11.1 Å². The lowest BCUT2D eigenvalue weighted by Crippen LogP contribution is -2.27. The van der Waals surface area contributed by atoms with Gasteiger partial charge in [0.2, 0.25) is 0 Å². The number of rotatable bonds is 4. The number of hydrogen-bond donors (Lipinski definition) is 0. The van der Waals surface area contributed by atoms with Crippen LogP contribution in [0, 0.1) is 12.7 Å². The van der Waals surface area contributed by atoms with Crippen molar-refractivity contribution in [3.8, 4) is 0 Å². The number of thioether (sulfide) groups is 1. The second-order valence-corrected chi connectivity index (χ2v) is 9.83. The van der Waals surface area contributed by atoms with E-state index in [-0.39, 0.29) is 10.9 Å². The first kappa shape index (κ1) is 21.1. The normalized spacial score (nSPS) is 15.3. The average Bonchev–Trinajstić information content (AvgIpc) is 3.00. The number of hydrogen-bond acceptors (Lipinski definition) is 4. The van der Waals surface area contributed by atoms with Gasteiger partial charge in [-0.1, -0.05) is 77.2 Å². The van der Waals surface area contributed by atoms with Crippen LogP contribution < -0.4 is 4.90 Å². The summed E-state index contributed by atoms with van der Waals surface area (Å²) in [5.41, 5.74) is 2.59. The molecule has 0 aliphatic carbocycles. The molecule has 7 heteroatoms. The first-order valence-electron chi connectivity index (χ1n) is 8.98. The van der Waals surface area contributed by atoms with Crippen molar-refractivity contribution < 1.29 is 9.18 Å². The molecule has 0 spiro atoms. The van der Waals surface area contributed by atoms with E-state index >= 15 is 0 Å². The molecule has 4 rings (SSSR count). The van der Waals surface area contributed by atoms with Crippen molar-refractivity contribution in [2.75, 3.05) is 4.90 Å². The molecule has 150 valence electrons. The Balaban J connectivity index is 1.51. The Morgan fingerprint density at radius 3 is 2.30 bits per heavy atom. The summed E-state index contributed by atoms with van der Waals surface area (Å²) in [6.07, 6.45) is 1.81. The second-order valence-electron chi connectivity index (χ2n) is 6.60. The standard InChI is InChI=1S/C23H15ClFNOS3/c1-14-2-7-17(8-3-14)29-18-9-4-15(5-10-18)12-21-22(27)26(23(28)30-21)16-6-11-20(25)19(24)13-16/h2-13H,1H3/b21-12-. The number of amides is 1. The van der Waals surface area contributed by atoms with Crippen LogP contribution in [-0.4, -0.2) is 10.2 Å². The van der Waals surface area contributed by atoms with E-state index in [0.29, 0.717) is 14.9 Å². The number of carbonyl (C=O) groups is 1. The average molecular weight is 472 g/mol. The van der Waals surface area contributed by atoms with Gasteiger partial charge in [-0.3, -0.25) is 9.69 Å². The minimum Gasteiger partial charge on any atom is -0.268 e. The van der Waals surface area contributed by atoms with Crippen molar-refractivity contribution in [2.24, 2.45) is 0 Å². The van der Waals surface area contributed by atoms with Gasteiger partial charge in [0, 0.05) is 9.79 Å². The monoisotopic (exact) mass is 471 g/mol. The molecule has 0 bridgehead atoms. The number of aryl methyl sites for hydroxylation is 1. The molecule has 1 amide bonds. The number of carbonyl (C=O) groups excluding carboxylic acids is 1. The minimum atomic E-state index is -0.537. The van der Waals surface area contributed by atoms with Crippen LogP contribution in [-0.2, 0) is 4.79 Å². The van der Waals surface area contributed by atoms with E-state index < -0.39 is 5.82 Å².